The molecule has 0 aliphatic heterocycles. The van der Waals surface area contributed by atoms with Crippen molar-refractivity contribution in [2.24, 2.45) is 0 Å². The van der Waals surface area contributed by atoms with Gasteiger partial charge in [-0.15, -0.1) is 0 Å². The van der Waals surface area contributed by atoms with Gasteiger partial charge in [0.15, 0.2) is 0 Å². The van der Waals surface area contributed by atoms with E-state index in [1.807, 2.05) is 57.8 Å². The Kier molecular flexibility index (Phi) is 15.5. The maximum absolute atomic E-state index is 11.5. The molecule has 6 heteroatoms. The predicted octanol–water partition coefficient (Wildman–Crippen LogP) is 2.33. The third kappa shape index (κ3) is 12.8. The first-order valence-electron chi connectivity index (χ1n) is 7.83. The minimum atomic E-state index is -0.357. The fourth-order valence-corrected chi connectivity index (χ4v) is 1.98. The minimum absolute atomic E-state index is 0. The van der Waals surface area contributed by atoms with Crippen LogP contribution in [0.3, 0.4) is 0 Å². The largest absolute Gasteiger partial charge is 2.00 e. The molecular formula is C18H24FeN2O3+2. The molecule has 0 saturated heterocycles. The molecule has 5 nitrogen and oxygen atoms in total. The summed E-state index contributed by atoms with van der Waals surface area (Å²) >= 11 is 0. The summed E-state index contributed by atoms with van der Waals surface area (Å²) in [6.07, 6.45) is 21.6. The van der Waals surface area contributed by atoms with Crippen molar-refractivity contribution in [2.45, 2.75) is 38.5 Å². The van der Waals surface area contributed by atoms with Crippen LogP contribution < -0.4 is 10.8 Å². The summed E-state index contributed by atoms with van der Waals surface area (Å²) in [6.45, 7) is 0. The predicted molar refractivity (Wildman–Crippen MR) is 87.7 cm³/mol. The number of carbonyl (C=O) groups is 2. The maximum Gasteiger partial charge on any atom is 2.00 e. The average Bonchev–Trinajstić information content (AvgIpc) is 3.26. The summed E-state index contributed by atoms with van der Waals surface area (Å²) in [5.41, 5.74) is 1.60. The fraction of sp³-hybridized carbons (Fsp3) is 0.333. The van der Waals surface area contributed by atoms with Crippen molar-refractivity contribution in [2.75, 3.05) is 0 Å². The van der Waals surface area contributed by atoms with Crippen molar-refractivity contribution >= 4 is 11.8 Å². The number of rotatable bonds is 8. The van der Waals surface area contributed by atoms with E-state index in [4.69, 9.17) is 5.21 Å². The zero-order chi connectivity index (χ0) is 16.8. The number of nitrogens with one attached hydrogen (secondary N) is 2. The van der Waals surface area contributed by atoms with Crippen molar-refractivity contribution in [1.29, 1.82) is 0 Å². The van der Waals surface area contributed by atoms with Crippen molar-refractivity contribution in [3.63, 3.8) is 0 Å². The van der Waals surface area contributed by atoms with Gasteiger partial charge in [-0.2, -0.15) is 0 Å². The van der Waals surface area contributed by atoms with E-state index < -0.39 is 0 Å². The van der Waals surface area contributed by atoms with Crippen LogP contribution in [-0.2, 0) is 26.7 Å². The van der Waals surface area contributed by atoms with Crippen LogP contribution in [0.25, 0.3) is 0 Å². The van der Waals surface area contributed by atoms with Gasteiger partial charge in [-0.25, -0.2) is 5.48 Å². The van der Waals surface area contributed by atoms with Crippen LogP contribution in [-0.4, -0.2) is 17.0 Å². The Hall–Kier alpha value is -0.581. The Bertz CT molecular complexity index is 323. The zero-order valence-corrected chi connectivity index (χ0v) is 14.7. The van der Waals surface area contributed by atoms with Gasteiger partial charge >= 0.3 is 17.1 Å². The Morgan fingerprint density at radius 1 is 0.750 bits per heavy atom. The van der Waals surface area contributed by atoms with Gasteiger partial charge in [0.25, 0.3) is 0 Å². The van der Waals surface area contributed by atoms with Crippen LogP contribution in [0.4, 0.5) is 0 Å². The first-order chi connectivity index (χ1) is 11.2. The number of carbonyl (C=O) groups excluding carboxylic acids is 2. The van der Waals surface area contributed by atoms with Gasteiger partial charge in [0.2, 0.25) is 11.8 Å². The van der Waals surface area contributed by atoms with E-state index in [9.17, 15) is 9.59 Å². The molecule has 2 aliphatic rings. The first kappa shape index (κ1) is 23.4. The molecule has 2 fully saturated rings. The molecule has 0 atom stereocenters. The van der Waals surface area contributed by atoms with E-state index in [0.717, 1.165) is 31.7 Å². The van der Waals surface area contributed by atoms with Gasteiger partial charge in [-0.05, 0) is 70.6 Å². The number of hydrogen-bond acceptors (Lipinski definition) is 3. The van der Waals surface area contributed by atoms with E-state index in [-0.39, 0.29) is 28.9 Å². The third-order valence-electron chi connectivity index (χ3n) is 3.18. The molecule has 130 valence electrons. The van der Waals surface area contributed by atoms with Crippen LogP contribution in [0.1, 0.15) is 38.5 Å². The van der Waals surface area contributed by atoms with Crippen molar-refractivity contribution < 1.29 is 31.9 Å². The summed E-state index contributed by atoms with van der Waals surface area (Å²) in [6, 6.07) is 0.833. The van der Waals surface area contributed by atoms with E-state index in [0.29, 0.717) is 12.8 Å². The first-order valence-corrected chi connectivity index (χ1v) is 7.83. The Morgan fingerprint density at radius 2 is 1.21 bits per heavy atom. The molecule has 2 saturated carbocycles. The molecule has 0 heterocycles. The summed E-state index contributed by atoms with van der Waals surface area (Å²) in [5, 5.41) is 11.1. The molecule has 0 bridgehead atoms. The second kappa shape index (κ2) is 15.9. The third-order valence-corrected chi connectivity index (χ3v) is 3.18. The monoisotopic (exact) mass is 372 g/mol. The summed E-state index contributed by atoms with van der Waals surface area (Å²) < 4.78 is 0. The van der Waals surface area contributed by atoms with Gasteiger partial charge in [0, 0.05) is 12.8 Å². The van der Waals surface area contributed by atoms with E-state index in [1.165, 1.54) is 0 Å². The van der Waals surface area contributed by atoms with Crippen LogP contribution >= 0.6 is 0 Å². The standard InChI is InChI=1S/C13H19N2O3.C5H5.Fe/c16-12(14-11-7-5-6-8-11)9-3-1-2-4-10-13(17)15-18;1-2-4-5-3-1;/h5-8,18H,1-4,9-10H2,(H,14,16)(H,15,17);1-5H;/q;;+2. The van der Waals surface area contributed by atoms with Gasteiger partial charge in [0.05, 0.1) is 6.04 Å². The van der Waals surface area contributed by atoms with Gasteiger partial charge < -0.3 is 5.32 Å². The fourth-order valence-electron chi connectivity index (χ4n) is 1.98. The normalized spacial score (nSPS) is 16.7. The van der Waals surface area contributed by atoms with Gasteiger partial charge in [0.1, 0.15) is 0 Å². The second-order valence-electron chi connectivity index (χ2n) is 5.13. The molecular weight excluding hydrogens is 348 g/mol. The van der Waals surface area contributed by atoms with Crippen molar-refractivity contribution in [1.82, 2.24) is 10.8 Å². The summed E-state index contributed by atoms with van der Waals surface area (Å²) in [5.74, 6) is -0.335. The van der Waals surface area contributed by atoms with E-state index in [2.05, 4.69) is 5.32 Å². The van der Waals surface area contributed by atoms with E-state index in [1.54, 1.807) is 5.48 Å². The topological polar surface area (TPSA) is 78.4 Å². The van der Waals surface area contributed by atoms with Gasteiger partial charge in [-0.3, -0.25) is 14.8 Å². The SMILES string of the molecule is O=C(CCCCCCC(=O)N[C]1[CH][CH][CH][CH]1)NO.[CH]1[CH][CH][CH][CH]1.[Fe+2]. The molecule has 24 heavy (non-hydrogen) atoms. The molecule has 2 amide bonds. The van der Waals surface area contributed by atoms with Crippen molar-refractivity contribution in [3.8, 4) is 0 Å². The Labute approximate surface area is 157 Å². The Morgan fingerprint density at radius 3 is 1.67 bits per heavy atom. The molecule has 2 rings (SSSR count). The number of hydrogen-bond donors (Lipinski definition) is 3. The number of unbranched alkanes of at least 4 members (excludes halogenated alkanes) is 3. The molecule has 3 N–H and O–H groups in total. The van der Waals surface area contributed by atoms with Crippen LogP contribution in [0, 0.1) is 63.8 Å². The number of amides is 2. The minimum Gasteiger partial charge on any atom is -0.348 e. The molecule has 0 aromatic carbocycles. The molecule has 0 unspecified atom stereocenters. The smallest absolute Gasteiger partial charge is 0.348 e. The maximum atomic E-state index is 11.5. The molecule has 0 spiro atoms. The molecule has 0 aromatic heterocycles. The Balaban J connectivity index is 0.000000751. The molecule has 0 aromatic rings. The summed E-state index contributed by atoms with van der Waals surface area (Å²) in [7, 11) is 0. The van der Waals surface area contributed by atoms with Gasteiger partial charge in [-0.1, -0.05) is 12.8 Å². The van der Waals surface area contributed by atoms with Crippen LogP contribution in [0.5, 0.6) is 0 Å². The van der Waals surface area contributed by atoms with Crippen LogP contribution in [0.2, 0.25) is 0 Å². The van der Waals surface area contributed by atoms with E-state index >= 15 is 0 Å². The van der Waals surface area contributed by atoms with Crippen molar-refractivity contribution in [3.05, 3.63) is 63.8 Å². The average molecular weight is 372 g/mol. The zero-order valence-electron chi connectivity index (χ0n) is 13.6. The molecule has 2 aliphatic carbocycles. The quantitative estimate of drug-likeness (QED) is 0.265. The molecule has 10 radical (unpaired) electrons. The summed E-state index contributed by atoms with van der Waals surface area (Å²) in [4.78, 5) is 22.2. The number of hydroxylamine groups is 1. The second-order valence-corrected chi connectivity index (χ2v) is 5.13. The van der Waals surface area contributed by atoms with Crippen LogP contribution in [0.15, 0.2) is 0 Å².